The van der Waals surface area contributed by atoms with Crippen molar-refractivity contribution in [3.8, 4) is 0 Å². The lowest BCUT2D eigenvalue weighted by molar-refractivity contribution is -0.0837. The molecule has 2 rings (SSSR count). The lowest BCUT2D eigenvalue weighted by Crippen LogP contribution is -2.57. The van der Waals surface area contributed by atoms with Gasteiger partial charge in [-0.3, -0.25) is 4.90 Å². The van der Waals surface area contributed by atoms with Crippen molar-refractivity contribution < 1.29 is 4.74 Å². The van der Waals surface area contributed by atoms with Crippen molar-refractivity contribution in [2.24, 2.45) is 5.41 Å². The van der Waals surface area contributed by atoms with E-state index in [2.05, 4.69) is 44.8 Å². The molecule has 2 aliphatic rings. The molecule has 0 bridgehead atoms. The first-order valence-corrected chi connectivity index (χ1v) is 8.07. The van der Waals surface area contributed by atoms with Crippen LogP contribution in [0.25, 0.3) is 0 Å². The highest BCUT2D eigenvalue weighted by Crippen LogP contribution is 2.40. The summed E-state index contributed by atoms with van der Waals surface area (Å²) in [7, 11) is 0. The maximum Gasteiger partial charge on any atom is 0.0678 e. The van der Waals surface area contributed by atoms with Crippen molar-refractivity contribution in [1.82, 2.24) is 10.2 Å². The molecule has 2 unspecified atom stereocenters. The molecule has 3 heteroatoms. The fourth-order valence-corrected chi connectivity index (χ4v) is 3.96. The van der Waals surface area contributed by atoms with Crippen LogP contribution in [-0.4, -0.2) is 48.8 Å². The van der Waals surface area contributed by atoms with Gasteiger partial charge in [-0.05, 0) is 45.1 Å². The van der Waals surface area contributed by atoms with Crippen molar-refractivity contribution in [2.45, 2.75) is 78.2 Å². The standard InChI is InChI=1S/C16H32N2O/c1-6-9-17-15-14(7-8-16(15,4)5)18-10-12(2)19-13(3)11-18/h12-15,17H,6-11H2,1-5H3/t12-,13+,14?,15?. The average Bonchev–Trinajstić information content (AvgIpc) is 2.60. The Hall–Kier alpha value is -0.120. The van der Waals surface area contributed by atoms with Crippen LogP contribution in [0.2, 0.25) is 0 Å². The molecule has 3 nitrogen and oxygen atoms in total. The molecular weight excluding hydrogens is 236 g/mol. The largest absolute Gasteiger partial charge is 0.373 e. The first-order chi connectivity index (χ1) is 8.94. The third-order valence-corrected chi connectivity index (χ3v) is 4.84. The Balaban J connectivity index is 2.04. The van der Waals surface area contributed by atoms with E-state index in [1.807, 2.05) is 0 Å². The van der Waals surface area contributed by atoms with Crippen molar-refractivity contribution >= 4 is 0 Å². The summed E-state index contributed by atoms with van der Waals surface area (Å²) in [6, 6.07) is 1.32. The minimum absolute atomic E-state index is 0.374. The van der Waals surface area contributed by atoms with E-state index in [0.717, 1.165) is 19.6 Å². The summed E-state index contributed by atoms with van der Waals surface area (Å²) < 4.78 is 5.88. The molecule has 0 amide bonds. The van der Waals surface area contributed by atoms with Gasteiger partial charge in [0.2, 0.25) is 0 Å². The highest BCUT2D eigenvalue weighted by atomic mass is 16.5. The number of hydrogen-bond acceptors (Lipinski definition) is 3. The Morgan fingerprint density at radius 1 is 1.21 bits per heavy atom. The van der Waals surface area contributed by atoms with Crippen molar-refractivity contribution in [3.05, 3.63) is 0 Å². The molecule has 0 spiro atoms. The first-order valence-electron chi connectivity index (χ1n) is 8.07. The van der Waals surface area contributed by atoms with E-state index in [-0.39, 0.29) is 0 Å². The fraction of sp³-hybridized carbons (Fsp3) is 1.00. The molecule has 2 fully saturated rings. The van der Waals surface area contributed by atoms with Gasteiger partial charge in [0, 0.05) is 25.2 Å². The predicted octanol–water partition coefficient (Wildman–Crippen LogP) is 2.65. The van der Waals surface area contributed by atoms with Crippen LogP contribution in [0.4, 0.5) is 0 Å². The van der Waals surface area contributed by atoms with Crippen molar-refractivity contribution in [3.63, 3.8) is 0 Å². The number of rotatable bonds is 4. The minimum atomic E-state index is 0.374. The number of hydrogen-bond donors (Lipinski definition) is 1. The summed E-state index contributed by atoms with van der Waals surface area (Å²) in [5.74, 6) is 0. The van der Waals surface area contributed by atoms with Crippen molar-refractivity contribution in [2.75, 3.05) is 19.6 Å². The van der Waals surface area contributed by atoms with E-state index in [9.17, 15) is 0 Å². The molecule has 4 atom stereocenters. The average molecular weight is 268 g/mol. The Labute approximate surface area is 119 Å². The van der Waals surface area contributed by atoms with Gasteiger partial charge in [0.25, 0.3) is 0 Å². The van der Waals surface area contributed by atoms with Gasteiger partial charge in [0.15, 0.2) is 0 Å². The number of ether oxygens (including phenoxy) is 1. The maximum absolute atomic E-state index is 5.88. The molecule has 112 valence electrons. The minimum Gasteiger partial charge on any atom is -0.373 e. The van der Waals surface area contributed by atoms with Gasteiger partial charge in [-0.2, -0.15) is 0 Å². The number of nitrogens with one attached hydrogen (secondary N) is 1. The summed E-state index contributed by atoms with van der Waals surface area (Å²) in [5, 5.41) is 3.82. The molecule has 0 aromatic heterocycles. The molecule has 1 saturated carbocycles. The lowest BCUT2D eigenvalue weighted by Gasteiger charge is -2.43. The highest BCUT2D eigenvalue weighted by molar-refractivity contribution is 5.02. The molecule has 1 N–H and O–H groups in total. The topological polar surface area (TPSA) is 24.5 Å². The van der Waals surface area contributed by atoms with Gasteiger partial charge in [-0.25, -0.2) is 0 Å². The van der Waals surface area contributed by atoms with Crippen LogP contribution >= 0.6 is 0 Å². The zero-order chi connectivity index (χ0) is 14.0. The lowest BCUT2D eigenvalue weighted by atomic mass is 9.86. The van der Waals surface area contributed by atoms with Crippen molar-refractivity contribution in [1.29, 1.82) is 0 Å². The second-order valence-corrected chi connectivity index (χ2v) is 7.24. The molecule has 1 saturated heterocycles. The molecule has 1 aliphatic carbocycles. The van der Waals surface area contributed by atoms with Crippen LogP contribution in [0.15, 0.2) is 0 Å². The molecular formula is C16H32N2O. The monoisotopic (exact) mass is 268 g/mol. The van der Waals surface area contributed by atoms with Gasteiger partial charge in [-0.1, -0.05) is 20.8 Å². The summed E-state index contributed by atoms with van der Waals surface area (Å²) in [6.45, 7) is 14.8. The van der Waals surface area contributed by atoms with E-state index < -0.39 is 0 Å². The van der Waals surface area contributed by atoms with Crippen LogP contribution in [0, 0.1) is 5.41 Å². The summed E-state index contributed by atoms with van der Waals surface area (Å²) in [6.07, 6.45) is 4.63. The van der Waals surface area contributed by atoms with Crippen LogP contribution < -0.4 is 5.32 Å². The molecule has 19 heavy (non-hydrogen) atoms. The highest BCUT2D eigenvalue weighted by Gasteiger charge is 2.45. The van der Waals surface area contributed by atoms with E-state index in [4.69, 9.17) is 4.74 Å². The van der Waals surface area contributed by atoms with E-state index in [0.29, 0.717) is 29.7 Å². The van der Waals surface area contributed by atoms with E-state index in [1.165, 1.54) is 19.3 Å². The SMILES string of the molecule is CCCNC1C(N2C[C@@H](C)O[C@@H](C)C2)CCC1(C)C. The third-order valence-electron chi connectivity index (χ3n) is 4.84. The number of nitrogens with zero attached hydrogens (tertiary/aromatic N) is 1. The maximum atomic E-state index is 5.88. The molecule has 0 aromatic carbocycles. The van der Waals surface area contributed by atoms with Gasteiger partial charge >= 0.3 is 0 Å². The summed E-state index contributed by atoms with van der Waals surface area (Å²) >= 11 is 0. The van der Waals surface area contributed by atoms with Gasteiger partial charge < -0.3 is 10.1 Å². The van der Waals surface area contributed by atoms with Crippen LogP contribution in [0.3, 0.4) is 0 Å². The smallest absolute Gasteiger partial charge is 0.0678 e. The van der Waals surface area contributed by atoms with Crippen LogP contribution in [0.5, 0.6) is 0 Å². The Kier molecular flexibility index (Phi) is 4.91. The molecule has 0 radical (unpaired) electrons. The first kappa shape index (κ1) is 15.3. The quantitative estimate of drug-likeness (QED) is 0.848. The molecule has 1 heterocycles. The van der Waals surface area contributed by atoms with Gasteiger partial charge in [0.05, 0.1) is 12.2 Å². The Morgan fingerprint density at radius 2 is 1.84 bits per heavy atom. The van der Waals surface area contributed by atoms with Crippen LogP contribution in [-0.2, 0) is 4.74 Å². The van der Waals surface area contributed by atoms with E-state index in [1.54, 1.807) is 0 Å². The molecule has 1 aliphatic heterocycles. The van der Waals surface area contributed by atoms with Crippen LogP contribution in [0.1, 0.15) is 53.9 Å². The van der Waals surface area contributed by atoms with Gasteiger partial charge in [0.1, 0.15) is 0 Å². The second-order valence-electron chi connectivity index (χ2n) is 7.24. The Bertz CT molecular complexity index is 282. The van der Waals surface area contributed by atoms with Gasteiger partial charge in [-0.15, -0.1) is 0 Å². The zero-order valence-corrected chi connectivity index (χ0v) is 13.4. The second kappa shape index (κ2) is 6.11. The zero-order valence-electron chi connectivity index (χ0n) is 13.4. The predicted molar refractivity (Wildman–Crippen MR) is 80.5 cm³/mol. The fourth-order valence-electron chi connectivity index (χ4n) is 3.96. The summed E-state index contributed by atoms with van der Waals surface area (Å²) in [4.78, 5) is 2.68. The number of morpholine rings is 1. The molecule has 0 aromatic rings. The third kappa shape index (κ3) is 3.50. The normalized spacial score (nSPS) is 39.6. The van der Waals surface area contributed by atoms with E-state index >= 15 is 0 Å². The Morgan fingerprint density at radius 3 is 2.42 bits per heavy atom. The summed E-state index contributed by atoms with van der Waals surface area (Å²) in [5.41, 5.74) is 0.421.